The lowest BCUT2D eigenvalue weighted by molar-refractivity contribution is 0.0943. The minimum Gasteiger partial charge on any atom is -0.345 e. The number of carbonyl (C=O) groups is 1. The summed E-state index contributed by atoms with van der Waals surface area (Å²) in [4.78, 5) is 12.7. The van der Waals surface area contributed by atoms with Gasteiger partial charge in [-0.1, -0.05) is 23.5 Å². The van der Waals surface area contributed by atoms with Crippen LogP contribution < -0.4 is 5.32 Å². The molecule has 1 heterocycles. The highest BCUT2D eigenvalue weighted by Crippen LogP contribution is 2.16. The van der Waals surface area contributed by atoms with Crippen molar-refractivity contribution in [1.29, 1.82) is 5.26 Å². The Hall–Kier alpha value is -2.26. The quantitative estimate of drug-likeness (QED) is 0.936. The van der Waals surface area contributed by atoms with E-state index in [2.05, 4.69) is 21.0 Å². The second kappa shape index (κ2) is 6.26. The second-order valence-corrected chi connectivity index (χ2v) is 5.09. The van der Waals surface area contributed by atoms with Gasteiger partial charge in [0, 0.05) is 0 Å². The number of nitrogens with zero attached hydrogens (tertiary/aromatic N) is 3. The van der Waals surface area contributed by atoms with Gasteiger partial charge in [-0.2, -0.15) is 5.26 Å². The van der Waals surface area contributed by atoms with Crippen molar-refractivity contribution in [1.82, 2.24) is 14.9 Å². The van der Waals surface area contributed by atoms with Crippen LogP contribution in [0.2, 0.25) is 0 Å². The molecule has 0 fully saturated rings. The average molecular weight is 286 g/mol. The van der Waals surface area contributed by atoms with E-state index in [0.717, 1.165) is 22.8 Å². The van der Waals surface area contributed by atoms with E-state index in [-0.39, 0.29) is 11.9 Å². The molecule has 2 aromatic rings. The van der Waals surface area contributed by atoms with E-state index in [4.69, 9.17) is 5.26 Å². The number of benzene rings is 1. The molecule has 0 aliphatic rings. The van der Waals surface area contributed by atoms with Crippen molar-refractivity contribution in [3.63, 3.8) is 0 Å². The first kappa shape index (κ1) is 14.2. The van der Waals surface area contributed by atoms with Gasteiger partial charge in [0.25, 0.3) is 5.91 Å². The predicted molar refractivity (Wildman–Crippen MR) is 76.3 cm³/mol. The van der Waals surface area contributed by atoms with Crippen LogP contribution in [0.4, 0.5) is 0 Å². The largest absolute Gasteiger partial charge is 0.345 e. The van der Waals surface area contributed by atoms with Crippen molar-refractivity contribution in [3.05, 3.63) is 46.0 Å². The van der Waals surface area contributed by atoms with Crippen molar-refractivity contribution in [2.45, 2.75) is 26.3 Å². The maximum Gasteiger partial charge on any atom is 0.265 e. The zero-order chi connectivity index (χ0) is 14.5. The Kier molecular flexibility index (Phi) is 4.43. The van der Waals surface area contributed by atoms with Crippen LogP contribution in [0.15, 0.2) is 24.3 Å². The van der Waals surface area contributed by atoms with Gasteiger partial charge in [0.05, 0.1) is 23.4 Å². The summed E-state index contributed by atoms with van der Waals surface area (Å²) in [7, 11) is 0. The summed E-state index contributed by atoms with van der Waals surface area (Å²) >= 11 is 1.11. The molecule has 6 heteroatoms. The molecule has 1 atom stereocenters. The first-order valence-electron chi connectivity index (χ1n) is 6.27. The maximum atomic E-state index is 12.2. The average Bonchev–Trinajstić information content (AvgIpc) is 2.95. The molecule has 0 bridgehead atoms. The number of aromatic nitrogens is 2. The summed E-state index contributed by atoms with van der Waals surface area (Å²) in [5.41, 5.74) is 2.28. The molecular weight excluding hydrogens is 272 g/mol. The molecule has 5 nitrogen and oxygen atoms in total. The van der Waals surface area contributed by atoms with Gasteiger partial charge in [-0.15, -0.1) is 5.10 Å². The van der Waals surface area contributed by atoms with Gasteiger partial charge in [-0.05, 0) is 42.6 Å². The normalized spacial score (nSPS) is 11.7. The summed E-state index contributed by atoms with van der Waals surface area (Å²) < 4.78 is 3.81. The molecule has 20 heavy (non-hydrogen) atoms. The highest BCUT2D eigenvalue weighted by atomic mass is 32.1. The lowest BCUT2D eigenvalue weighted by Crippen LogP contribution is -2.26. The van der Waals surface area contributed by atoms with E-state index in [1.165, 1.54) is 0 Å². The van der Waals surface area contributed by atoms with Gasteiger partial charge in [0.1, 0.15) is 4.88 Å². The first-order valence-corrected chi connectivity index (χ1v) is 7.05. The zero-order valence-electron chi connectivity index (χ0n) is 11.3. The molecule has 0 saturated carbocycles. The van der Waals surface area contributed by atoms with Crippen LogP contribution in [0, 0.1) is 11.3 Å². The molecular formula is C14H14N4OS. The van der Waals surface area contributed by atoms with Crippen LogP contribution >= 0.6 is 11.5 Å². The Balaban J connectivity index is 2.09. The molecule has 0 radical (unpaired) electrons. The zero-order valence-corrected chi connectivity index (χ0v) is 12.1. The number of hydrogen-bond acceptors (Lipinski definition) is 5. The summed E-state index contributed by atoms with van der Waals surface area (Å²) in [6.07, 6.45) is 0.685. The van der Waals surface area contributed by atoms with Crippen LogP contribution in [0.5, 0.6) is 0 Å². The minimum absolute atomic E-state index is 0.137. The molecule has 0 aliphatic carbocycles. The minimum atomic E-state index is -0.159. The monoisotopic (exact) mass is 286 g/mol. The van der Waals surface area contributed by atoms with Gasteiger partial charge in [0.2, 0.25) is 0 Å². The Morgan fingerprint density at radius 1 is 1.45 bits per heavy atom. The highest BCUT2D eigenvalue weighted by Gasteiger charge is 2.17. The Bertz CT molecular complexity index is 642. The number of rotatable bonds is 4. The fourth-order valence-electron chi connectivity index (χ4n) is 1.80. The third kappa shape index (κ3) is 3.00. The van der Waals surface area contributed by atoms with Crippen molar-refractivity contribution < 1.29 is 4.79 Å². The van der Waals surface area contributed by atoms with Gasteiger partial charge in [-0.3, -0.25) is 4.79 Å². The van der Waals surface area contributed by atoms with E-state index in [9.17, 15) is 4.79 Å². The second-order valence-electron chi connectivity index (χ2n) is 4.33. The lowest BCUT2D eigenvalue weighted by Gasteiger charge is -2.13. The molecule has 2 rings (SSSR count). The van der Waals surface area contributed by atoms with E-state index < -0.39 is 0 Å². The summed E-state index contributed by atoms with van der Waals surface area (Å²) in [6.45, 7) is 3.84. The number of nitriles is 1. The SMILES string of the molecule is CCc1nnsc1C(=O)N[C@@H](C)c1ccc(C#N)cc1. The van der Waals surface area contributed by atoms with E-state index >= 15 is 0 Å². The topological polar surface area (TPSA) is 78.7 Å². The fraction of sp³-hybridized carbons (Fsp3) is 0.286. The molecule has 0 unspecified atom stereocenters. The van der Waals surface area contributed by atoms with Gasteiger partial charge < -0.3 is 5.32 Å². The van der Waals surface area contributed by atoms with E-state index in [1.54, 1.807) is 12.1 Å². The molecule has 0 spiro atoms. The number of amides is 1. The van der Waals surface area contributed by atoms with Gasteiger partial charge >= 0.3 is 0 Å². The van der Waals surface area contributed by atoms with Crippen LogP contribution in [0.3, 0.4) is 0 Å². The molecule has 1 aromatic carbocycles. The first-order chi connectivity index (χ1) is 9.65. The summed E-state index contributed by atoms with van der Waals surface area (Å²) in [6, 6.07) is 9.10. The van der Waals surface area contributed by atoms with Crippen LogP contribution in [-0.4, -0.2) is 15.5 Å². The fourth-order valence-corrected chi connectivity index (χ4v) is 2.46. The highest BCUT2D eigenvalue weighted by molar-refractivity contribution is 7.08. The third-order valence-electron chi connectivity index (χ3n) is 2.98. The molecule has 1 amide bonds. The molecule has 1 aromatic heterocycles. The number of hydrogen-bond donors (Lipinski definition) is 1. The van der Waals surface area contributed by atoms with Crippen LogP contribution in [-0.2, 0) is 6.42 Å². The van der Waals surface area contributed by atoms with E-state index in [1.807, 2.05) is 26.0 Å². The summed E-state index contributed by atoms with van der Waals surface area (Å²) in [5.74, 6) is -0.159. The van der Waals surface area contributed by atoms with Crippen molar-refractivity contribution >= 4 is 17.4 Å². The molecule has 102 valence electrons. The molecule has 0 saturated heterocycles. The number of nitrogens with one attached hydrogen (secondary N) is 1. The molecule has 1 N–H and O–H groups in total. The smallest absolute Gasteiger partial charge is 0.265 e. The number of carbonyl (C=O) groups excluding carboxylic acids is 1. The van der Waals surface area contributed by atoms with Crippen LogP contribution in [0.25, 0.3) is 0 Å². The van der Waals surface area contributed by atoms with Crippen molar-refractivity contribution in [2.75, 3.05) is 0 Å². The predicted octanol–water partition coefficient (Wildman–Crippen LogP) is 2.46. The molecule has 0 aliphatic heterocycles. The Morgan fingerprint density at radius 3 is 2.75 bits per heavy atom. The lowest BCUT2D eigenvalue weighted by atomic mass is 10.1. The van der Waals surface area contributed by atoms with Crippen molar-refractivity contribution in [3.8, 4) is 6.07 Å². The Morgan fingerprint density at radius 2 is 2.15 bits per heavy atom. The number of aryl methyl sites for hydroxylation is 1. The van der Waals surface area contributed by atoms with Crippen LogP contribution in [0.1, 0.15) is 46.4 Å². The van der Waals surface area contributed by atoms with Gasteiger partial charge in [-0.25, -0.2) is 0 Å². The maximum absolute atomic E-state index is 12.2. The summed E-state index contributed by atoms with van der Waals surface area (Å²) in [5, 5.41) is 15.6. The Labute approximate surface area is 121 Å². The van der Waals surface area contributed by atoms with E-state index in [0.29, 0.717) is 16.9 Å². The standard InChI is InChI=1S/C14H14N4OS/c1-3-12-13(20-18-17-12)14(19)16-9(2)11-6-4-10(8-15)5-7-11/h4-7,9H,3H2,1-2H3,(H,16,19)/t9-/m0/s1. The van der Waals surface area contributed by atoms with Gasteiger partial charge in [0.15, 0.2) is 0 Å². The van der Waals surface area contributed by atoms with Crippen molar-refractivity contribution in [2.24, 2.45) is 0 Å². The third-order valence-corrected chi connectivity index (χ3v) is 3.75.